The van der Waals surface area contributed by atoms with E-state index in [4.69, 9.17) is 23.2 Å². The van der Waals surface area contributed by atoms with Crippen LogP contribution in [0, 0.1) is 0 Å². The number of benzene rings is 2. The third-order valence-corrected chi connectivity index (χ3v) is 3.65. The number of anilines is 2. The maximum Gasteiger partial charge on any atom is 0.279 e. The van der Waals surface area contributed by atoms with Crippen molar-refractivity contribution in [2.45, 2.75) is 0 Å². The van der Waals surface area contributed by atoms with Gasteiger partial charge in [0.15, 0.2) is 13.1 Å². The molecular formula is C17H18Cl2N3O2+. The Bertz CT molecular complexity index is 720. The van der Waals surface area contributed by atoms with Crippen molar-refractivity contribution in [2.75, 3.05) is 30.8 Å². The van der Waals surface area contributed by atoms with Gasteiger partial charge in [0.2, 0.25) is 0 Å². The first kappa shape index (κ1) is 18.3. The number of hydrogen-bond acceptors (Lipinski definition) is 2. The lowest BCUT2D eigenvalue weighted by Gasteiger charge is -2.14. The zero-order valence-corrected chi connectivity index (χ0v) is 14.6. The van der Waals surface area contributed by atoms with Gasteiger partial charge in [0.1, 0.15) is 0 Å². The lowest BCUT2D eigenvalue weighted by Crippen LogP contribution is -3.11. The molecule has 126 valence electrons. The van der Waals surface area contributed by atoms with Crippen molar-refractivity contribution in [3.05, 3.63) is 58.6 Å². The van der Waals surface area contributed by atoms with E-state index >= 15 is 0 Å². The van der Waals surface area contributed by atoms with E-state index in [2.05, 4.69) is 10.6 Å². The molecule has 0 heterocycles. The minimum Gasteiger partial charge on any atom is -0.322 e. The van der Waals surface area contributed by atoms with Crippen LogP contribution in [0.2, 0.25) is 10.0 Å². The average Bonchev–Trinajstić information content (AvgIpc) is 2.49. The van der Waals surface area contributed by atoms with Gasteiger partial charge in [0, 0.05) is 21.4 Å². The van der Waals surface area contributed by atoms with Crippen molar-refractivity contribution in [2.24, 2.45) is 0 Å². The first-order valence-electron chi connectivity index (χ1n) is 7.34. The van der Waals surface area contributed by atoms with Crippen LogP contribution < -0.4 is 15.5 Å². The summed E-state index contributed by atoms with van der Waals surface area (Å²) in [6.45, 7) is 0.339. The molecule has 3 N–H and O–H groups in total. The molecule has 0 saturated heterocycles. The minimum absolute atomic E-state index is 0.167. The molecule has 1 atom stereocenters. The monoisotopic (exact) mass is 366 g/mol. The van der Waals surface area contributed by atoms with E-state index in [1.165, 1.54) is 0 Å². The number of hydrogen-bond donors (Lipinski definition) is 3. The van der Waals surface area contributed by atoms with Gasteiger partial charge in [-0.15, -0.1) is 0 Å². The molecule has 0 aliphatic carbocycles. The molecule has 1 unspecified atom stereocenters. The van der Waals surface area contributed by atoms with E-state index in [9.17, 15) is 9.59 Å². The van der Waals surface area contributed by atoms with Crippen molar-refractivity contribution in [3.63, 3.8) is 0 Å². The molecule has 0 aliphatic rings. The molecule has 2 aromatic carbocycles. The van der Waals surface area contributed by atoms with Gasteiger partial charge in [-0.05, 0) is 42.5 Å². The molecule has 2 aromatic rings. The standard InChI is InChI=1S/C17H17Cl2N3O2/c1-22(10-16(23)20-14-7-5-12(18)6-8-14)11-17(24)21-15-4-2-3-13(19)9-15/h2-9H,10-11H2,1H3,(H,20,23)(H,21,24)/p+1. The molecule has 0 radical (unpaired) electrons. The van der Waals surface area contributed by atoms with E-state index in [0.29, 0.717) is 21.4 Å². The summed E-state index contributed by atoms with van der Waals surface area (Å²) >= 11 is 11.7. The number of amides is 2. The van der Waals surface area contributed by atoms with Crippen molar-refractivity contribution in [1.29, 1.82) is 0 Å². The van der Waals surface area contributed by atoms with Crippen LogP contribution in [0.3, 0.4) is 0 Å². The van der Waals surface area contributed by atoms with E-state index in [1.54, 1.807) is 55.6 Å². The predicted molar refractivity (Wildman–Crippen MR) is 96.8 cm³/mol. The zero-order chi connectivity index (χ0) is 17.5. The van der Waals surface area contributed by atoms with Gasteiger partial charge in [-0.25, -0.2) is 0 Å². The molecule has 0 fully saturated rings. The van der Waals surface area contributed by atoms with Gasteiger partial charge in [0.25, 0.3) is 11.8 Å². The number of likely N-dealkylation sites (N-methyl/N-ethyl adjacent to an activating group) is 1. The van der Waals surface area contributed by atoms with E-state index in [-0.39, 0.29) is 24.9 Å². The molecule has 0 spiro atoms. The Morgan fingerprint density at radius 3 is 2.04 bits per heavy atom. The Hall–Kier alpha value is -2.08. The number of nitrogens with one attached hydrogen (secondary N) is 3. The first-order valence-corrected chi connectivity index (χ1v) is 8.10. The molecule has 2 amide bonds. The topological polar surface area (TPSA) is 62.6 Å². The number of carbonyl (C=O) groups excluding carboxylic acids is 2. The maximum atomic E-state index is 12.0. The van der Waals surface area contributed by atoms with Gasteiger partial charge in [-0.2, -0.15) is 0 Å². The lowest BCUT2D eigenvalue weighted by molar-refractivity contribution is -0.862. The van der Waals surface area contributed by atoms with Crippen molar-refractivity contribution >= 4 is 46.4 Å². The first-order chi connectivity index (χ1) is 11.4. The highest BCUT2D eigenvalue weighted by Crippen LogP contribution is 2.14. The Kier molecular flexibility index (Phi) is 6.61. The van der Waals surface area contributed by atoms with Crippen molar-refractivity contribution < 1.29 is 14.5 Å². The fraction of sp³-hybridized carbons (Fsp3) is 0.176. The third-order valence-electron chi connectivity index (χ3n) is 3.16. The second-order valence-corrected chi connectivity index (χ2v) is 6.30. The van der Waals surface area contributed by atoms with Crippen LogP contribution in [0.25, 0.3) is 0 Å². The predicted octanol–water partition coefficient (Wildman–Crippen LogP) is 2.09. The third kappa shape index (κ3) is 6.20. The molecule has 7 heteroatoms. The lowest BCUT2D eigenvalue weighted by atomic mass is 10.3. The van der Waals surface area contributed by atoms with Gasteiger partial charge in [0.05, 0.1) is 7.05 Å². The van der Waals surface area contributed by atoms with Crippen LogP contribution >= 0.6 is 23.2 Å². The van der Waals surface area contributed by atoms with Crippen LogP contribution in [0.5, 0.6) is 0 Å². The summed E-state index contributed by atoms with van der Waals surface area (Å²) in [5, 5.41) is 6.67. The number of rotatable bonds is 6. The van der Waals surface area contributed by atoms with Gasteiger partial charge in [-0.1, -0.05) is 29.3 Å². The van der Waals surface area contributed by atoms with Crippen LogP contribution in [0.4, 0.5) is 11.4 Å². The van der Waals surface area contributed by atoms with Crippen LogP contribution in [0.1, 0.15) is 0 Å². The van der Waals surface area contributed by atoms with Gasteiger partial charge in [-0.3, -0.25) is 9.59 Å². The quantitative estimate of drug-likeness (QED) is 0.732. The molecule has 0 aliphatic heterocycles. The highest BCUT2D eigenvalue weighted by molar-refractivity contribution is 6.31. The van der Waals surface area contributed by atoms with E-state index in [1.807, 2.05) is 0 Å². The molecule has 0 bridgehead atoms. The molecular weight excluding hydrogens is 349 g/mol. The van der Waals surface area contributed by atoms with Gasteiger partial charge < -0.3 is 15.5 Å². The molecule has 2 rings (SSSR count). The Morgan fingerprint density at radius 1 is 0.875 bits per heavy atom. The van der Waals surface area contributed by atoms with Crippen LogP contribution in [0.15, 0.2) is 48.5 Å². The summed E-state index contributed by atoms with van der Waals surface area (Å²) < 4.78 is 0. The fourth-order valence-electron chi connectivity index (χ4n) is 2.12. The fourth-order valence-corrected chi connectivity index (χ4v) is 2.44. The largest absolute Gasteiger partial charge is 0.322 e. The smallest absolute Gasteiger partial charge is 0.279 e. The molecule has 0 aromatic heterocycles. The highest BCUT2D eigenvalue weighted by Gasteiger charge is 2.14. The van der Waals surface area contributed by atoms with Crippen molar-refractivity contribution in [3.8, 4) is 0 Å². The summed E-state index contributed by atoms with van der Waals surface area (Å²) in [7, 11) is 1.78. The Balaban J connectivity index is 1.79. The molecule has 5 nitrogen and oxygen atoms in total. The van der Waals surface area contributed by atoms with Crippen LogP contribution in [-0.2, 0) is 9.59 Å². The van der Waals surface area contributed by atoms with E-state index in [0.717, 1.165) is 4.90 Å². The average molecular weight is 367 g/mol. The van der Waals surface area contributed by atoms with Gasteiger partial charge >= 0.3 is 0 Å². The van der Waals surface area contributed by atoms with Crippen LogP contribution in [-0.4, -0.2) is 32.0 Å². The van der Waals surface area contributed by atoms with E-state index < -0.39 is 0 Å². The highest BCUT2D eigenvalue weighted by atomic mass is 35.5. The summed E-state index contributed by atoms with van der Waals surface area (Å²) in [5.41, 5.74) is 1.30. The number of carbonyl (C=O) groups is 2. The Morgan fingerprint density at radius 2 is 1.46 bits per heavy atom. The second-order valence-electron chi connectivity index (χ2n) is 5.42. The maximum absolute atomic E-state index is 12.0. The normalized spacial score (nSPS) is 11.6. The minimum atomic E-state index is -0.186. The molecule has 24 heavy (non-hydrogen) atoms. The SMILES string of the molecule is C[NH+](CC(=O)Nc1ccc(Cl)cc1)CC(=O)Nc1cccc(Cl)c1. The summed E-state index contributed by atoms with van der Waals surface area (Å²) in [5.74, 6) is -0.362. The summed E-state index contributed by atoms with van der Waals surface area (Å²) in [6.07, 6.45) is 0. The Labute approximate surface area is 150 Å². The molecule has 0 saturated carbocycles. The zero-order valence-electron chi connectivity index (χ0n) is 13.1. The van der Waals surface area contributed by atoms with Crippen molar-refractivity contribution in [1.82, 2.24) is 0 Å². The number of halogens is 2. The summed E-state index contributed by atoms with van der Waals surface area (Å²) in [6, 6.07) is 13.8. The summed E-state index contributed by atoms with van der Waals surface area (Å²) in [4.78, 5) is 24.7. The second kappa shape index (κ2) is 8.68. The number of quaternary nitrogens is 1.